The number of piperazine rings is 1. The molecular weight excluding hydrogens is 504 g/mol. The van der Waals surface area contributed by atoms with Gasteiger partial charge in [0.05, 0.1) is 24.1 Å². The van der Waals surface area contributed by atoms with E-state index in [0.29, 0.717) is 6.04 Å². The van der Waals surface area contributed by atoms with Crippen LogP contribution in [0.15, 0.2) is 66.0 Å². The van der Waals surface area contributed by atoms with Crippen LogP contribution in [0.2, 0.25) is 0 Å². The van der Waals surface area contributed by atoms with E-state index in [4.69, 9.17) is 9.72 Å². The fourth-order valence-electron chi connectivity index (χ4n) is 6.08. The van der Waals surface area contributed by atoms with Crippen LogP contribution in [0.5, 0.6) is 5.75 Å². The van der Waals surface area contributed by atoms with E-state index in [1.165, 1.54) is 24.9 Å². The first kappa shape index (κ1) is 25.7. The number of benzene rings is 2. The fourth-order valence-corrected chi connectivity index (χ4v) is 6.90. The lowest BCUT2D eigenvalue weighted by Crippen LogP contribution is -2.48. The third kappa shape index (κ3) is 5.20. The van der Waals surface area contributed by atoms with Crippen molar-refractivity contribution in [2.45, 2.75) is 45.1 Å². The summed E-state index contributed by atoms with van der Waals surface area (Å²) in [4.78, 5) is 23.3. The molecule has 0 spiro atoms. The molecule has 1 aliphatic carbocycles. The second kappa shape index (κ2) is 11.3. The SMILES string of the molecule is COc1ccc(-c2nc(-c3cc(C(=O)N4CCN(c5ccccc5)CC4)c(C)n3C3CCCCC3)cs2)cc1. The standard InChI is InChI=1S/C32H36N4O2S/c1-23-28(32(37)35-19-17-34(18-20-35)25-9-5-3-6-10-25)21-30(36(23)26-11-7-4-8-12-26)29-22-39-31(33-29)24-13-15-27(38-2)16-14-24/h3,5-6,9-10,13-16,21-22,26H,4,7-8,11-12,17-20H2,1-2H3. The lowest BCUT2D eigenvalue weighted by Gasteiger charge is -2.36. The number of methoxy groups -OCH3 is 1. The topological polar surface area (TPSA) is 50.6 Å². The first-order chi connectivity index (χ1) is 19.1. The van der Waals surface area contributed by atoms with Gasteiger partial charge in [-0.25, -0.2) is 4.98 Å². The van der Waals surface area contributed by atoms with Crippen LogP contribution in [-0.2, 0) is 0 Å². The summed E-state index contributed by atoms with van der Waals surface area (Å²) in [5.41, 5.74) is 6.22. The molecule has 2 aromatic carbocycles. The Labute approximate surface area is 234 Å². The number of rotatable bonds is 6. The average molecular weight is 541 g/mol. The number of thiazole rings is 1. The van der Waals surface area contributed by atoms with E-state index in [1.807, 2.05) is 23.1 Å². The highest BCUT2D eigenvalue weighted by atomic mass is 32.1. The monoisotopic (exact) mass is 540 g/mol. The molecule has 2 fully saturated rings. The molecule has 39 heavy (non-hydrogen) atoms. The third-order valence-corrected chi connectivity index (χ3v) is 9.15. The third-order valence-electron chi connectivity index (χ3n) is 8.25. The Morgan fingerprint density at radius 1 is 0.949 bits per heavy atom. The van der Waals surface area contributed by atoms with Crippen LogP contribution in [0.25, 0.3) is 22.0 Å². The van der Waals surface area contributed by atoms with Crippen LogP contribution < -0.4 is 9.64 Å². The summed E-state index contributed by atoms with van der Waals surface area (Å²) in [5.74, 6) is 0.978. The van der Waals surface area contributed by atoms with Crippen molar-refractivity contribution in [3.63, 3.8) is 0 Å². The molecule has 1 saturated carbocycles. The van der Waals surface area contributed by atoms with E-state index < -0.39 is 0 Å². The molecule has 0 bridgehead atoms. The number of carbonyl (C=O) groups is 1. The van der Waals surface area contributed by atoms with E-state index >= 15 is 0 Å². The highest BCUT2D eigenvalue weighted by Crippen LogP contribution is 2.38. The Kier molecular flexibility index (Phi) is 7.42. The van der Waals surface area contributed by atoms with Crippen LogP contribution in [0.3, 0.4) is 0 Å². The molecule has 1 saturated heterocycles. The number of anilines is 1. The quantitative estimate of drug-likeness (QED) is 0.263. The number of nitrogens with zero attached hydrogens (tertiary/aromatic N) is 4. The van der Waals surface area contributed by atoms with E-state index in [0.717, 1.165) is 78.0 Å². The molecule has 0 radical (unpaired) electrons. The van der Waals surface area contributed by atoms with Crippen molar-refractivity contribution in [3.05, 3.63) is 77.3 Å². The lowest BCUT2D eigenvalue weighted by atomic mass is 9.95. The number of aromatic nitrogens is 2. The van der Waals surface area contributed by atoms with Gasteiger partial charge in [0.25, 0.3) is 5.91 Å². The molecule has 2 aromatic heterocycles. The molecule has 1 amide bonds. The molecular formula is C32H36N4O2S. The number of carbonyl (C=O) groups excluding carboxylic acids is 1. The minimum atomic E-state index is 0.140. The van der Waals surface area contributed by atoms with Crippen LogP contribution >= 0.6 is 11.3 Å². The van der Waals surface area contributed by atoms with Gasteiger partial charge in [-0.15, -0.1) is 11.3 Å². The zero-order chi connectivity index (χ0) is 26.8. The molecule has 4 aromatic rings. The van der Waals surface area contributed by atoms with Crippen molar-refractivity contribution in [1.82, 2.24) is 14.5 Å². The van der Waals surface area contributed by atoms with Crippen molar-refractivity contribution in [2.24, 2.45) is 0 Å². The first-order valence-electron chi connectivity index (χ1n) is 14.0. The molecule has 6 nitrogen and oxygen atoms in total. The lowest BCUT2D eigenvalue weighted by molar-refractivity contribution is 0.0745. The highest BCUT2D eigenvalue weighted by Gasteiger charge is 2.29. The largest absolute Gasteiger partial charge is 0.497 e. The molecule has 6 rings (SSSR count). The minimum Gasteiger partial charge on any atom is -0.497 e. The van der Waals surface area contributed by atoms with Crippen molar-refractivity contribution < 1.29 is 9.53 Å². The van der Waals surface area contributed by atoms with Crippen LogP contribution in [0.4, 0.5) is 5.69 Å². The average Bonchev–Trinajstić information content (AvgIpc) is 3.63. The van der Waals surface area contributed by atoms with Gasteiger partial charge < -0.3 is 19.1 Å². The Hall–Kier alpha value is -3.58. The molecule has 7 heteroatoms. The fraction of sp³-hybridized carbons (Fsp3) is 0.375. The van der Waals surface area contributed by atoms with Gasteiger partial charge in [-0.05, 0) is 62.2 Å². The van der Waals surface area contributed by atoms with Gasteiger partial charge in [0.2, 0.25) is 0 Å². The second-order valence-electron chi connectivity index (χ2n) is 10.6. The minimum absolute atomic E-state index is 0.140. The van der Waals surface area contributed by atoms with Gasteiger partial charge >= 0.3 is 0 Å². The van der Waals surface area contributed by atoms with Gasteiger partial charge in [0, 0.05) is 54.5 Å². The Morgan fingerprint density at radius 3 is 2.36 bits per heavy atom. The van der Waals surface area contributed by atoms with Crippen LogP contribution in [-0.4, -0.2) is 53.6 Å². The second-order valence-corrected chi connectivity index (χ2v) is 11.4. The molecule has 0 atom stereocenters. The van der Waals surface area contributed by atoms with Crippen molar-refractivity contribution in [3.8, 4) is 27.7 Å². The Morgan fingerprint density at radius 2 is 1.67 bits per heavy atom. The summed E-state index contributed by atoms with van der Waals surface area (Å²) in [6, 6.07) is 21.1. The van der Waals surface area contributed by atoms with Crippen molar-refractivity contribution >= 4 is 22.9 Å². The summed E-state index contributed by atoms with van der Waals surface area (Å²) in [6.45, 7) is 5.29. The van der Waals surface area contributed by atoms with Crippen LogP contribution in [0, 0.1) is 6.92 Å². The Bertz CT molecular complexity index is 1410. The summed E-state index contributed by atoms with van der Waals surface area (Å²) < 4.78 is 7.75. The number of ether oxygens (including phenoxy) is 1. The van der Waals surface area contributed by atoms with Gasteiger partial charge in [-0.2, -0.15) is 0 Å². The van der Waals surface area contributed by atoms with E-state index in [-0.39, 0.29) is 5.91 Å². The van der Waals surface area contributed by atoms with Crippen molar-refractivity contribution in [1.29, 1.82) is 0 Å². The predicted octanol–water partition coefficient (Wildman–Crippen LogP) is 7.06. The zero-order valence-electron chi connectivity index (χ0n) is 22.8. The van der Waals surface area contributed by atoms with Crippen LogP contribution in [0.1, 0.15) is 54.2 Å². The van der Waals surface area contributed by atoms with Gasteiger partial charge in [0.1, 0.15) is 10.8 Å². The zero-order valence-corrected chi connectivity index (χ0v) is 23.6. The number of hydrogen-bond donors (Lipinski definition) is 0. The molecule has 0 N–H and O–H groups in total. The van der Waals surface area contributed by atoms with E-state index in [2.05, 4.69) is 64.2 Å². The summed E-state index contributed by atoms with van der Waals surface area (Å²) in [5, 5.41) is 3.12. The first-order valence-corrected chi connectivity index (χ1v) is 14.9. The van der Waals surface area contributed by atoms with E-state index in [9.17, 15) is 4.79 Å². The summed E-state index contributed by atoms with van der Waals surface area (Å²) >= 11 is 1.65. The number of amides is 1. The maximum absolute atomic E-state index is 13.9. The molecule has 1 aliphatic heterocycles. The van der Waals surface area contributed by atoms with E-state index in [1.54, 1.807) is 18.4 Å². The van der Waals surface area contributed by atoms with Gasteiger partial charge in [-0.3, -0.25) is 4.79 Å². The molecule has 3 heterocycles. The number of hydrogen-bond acceptors (Lipinski definition) is 5. The predicted molar refractivity (Wildman–Crippen MR) is 159 cm³/mol. The molecule has 2 aliphatic rings. The maximum atomic E-state index is 13.9. The van der Waals surface area contributed by atoms with Crippen molar-refractivity contribution in [2.75, 3.05) is 38.2 Å². The van der Waals surface area contributed by atoms with Gasteiger partial charge in [0.15, 0.2) is 0 Å². The Balaban J connectivity index is 1.29. The smallest absolute Gasteiger partial charge is 0.255 e. The summed E-state index contributed by atoms with van der Waals surface area (Å²) in [7, 11) is 1.68. The number of para-hydroxylation sites is 1. The molecule has 202 valence electrons. The highest BCUT2D eigenvalue weighted by molar-refractivity contribution is 7.13. The normalized spacial score (nSPS) is 16.5. The summed E-state index contributed by atoms with van der Waals surface area (Å²) in [6.07, 6.45) is 6.08. The van der Waals surface area contributed by atoms with Gasteiger partial charge in [-0.1, -0.05) is 37.5 Å². The maximum Gasteiger partial charge on any atom is 0.255 e. The molecule has 0 unspecified atom stereocenters.